The zero-order chi connectivity index (χ0) is 20.9. The van der Waals surface area contributed by atoms with Crippen LogP contribution in [-0.2, 0) is 14.3 Å². The summed E-state index contributed by atoms with van der Waals surface area (Å²) >= 11 is 0. The standard InChI is InChI=1S/C22H24N4O4/c27-20(16-4-7-23-8-5-16)18-19(17-3-1-6-24-15-17)26(22(29)21(18)28)10-2-9-25-11-13-30-14-12-25/h1,3-8,15,19,27H,2,9-14H2/t19-/m0/s1. The highest BCUT2D eigenvalue weighted by Gasteiger charge is 2.45. The van der Waals surface area contributed by atoms with E-state index in [1.165, 1.54) is 12.4 Å². The Morgan fingerprint density at radius 3 is 2.53 bits per heavy atom. The lowest BCUT2D eigenvalue weighted by Gasteiger charge is -2.29. The van der Waals surface area contributed by atoms with E-state index in [1.54, 1.807) is 35.5 Å². The van der Waals surface area contributed by atoms with E-state index in [4.69, 9.17) is 4.74 Å². The molecular formula is C22H24N4O4. The maximum atomic E-state index is 12.9. The fraction of sp³-hybridized carbons (Fsp3) is 0.364. The van der Waals surface area contributed by atoms with Gasteiger partial charge in [0.05, 0.1) is 24.8 Å². The van der Waals surface area contributed by atoms with Crippen LogP contribution < -0.4 is 0 Å². The molecule has 0 radical (unpaired) electrons. The summed E-state index contributed by atoms with van der Waals surface area (Å²) < 4.78 is 5.37. The molecule has 2 aliphatic rings. The summed E-state index contributed by atoms with van der Waals surface area (Å²) in [6.07, 6.45) is 7.06. The van der Waals surface area contributed by atoms with E-state index in [0.717, 1.165) is 26.1 Å². The van der Waals surface area contributed by atoms with Crippen molar-refractivity contribution in [3.63, 3.8) is 0 Å². The van der Waals surface area contributed by atoms with Crippen LogP contribution in [0.1, 0.15) is 23.6 Å². The number of pyridine rings is 2. The first kappa shape index (κ1) is 20.2. The van der Waals surface area contributed by atoms with E-state index >= 15 is 0 Å². The first-order chi connectivity index (χ1) is 14.7. The summed E-state index contributed by atoms with van der Waals surface area (Å²) in [7, 11) is 0. The maximum absolute atomic E-state index is 12.9. The van der Waals surface area contributed by atoms with Crippen LogP contribution in [0.5, 0.6) is 0 Å². The molecule has 8 heteroatoms. The van der Waals surface area contributed by atoms with E-state index in [2.05, 4.69) is 14.9 Å². The van der Waals surface area contributed by atoms with E-state index in [9.17, 15) is 14.7 Å². The Balaban J connectivity index is 1.63. The van der Waals surface area contributed by atoms with E-state index in [1.807, 2.05) is 6.07 Å². The van der Waals surface area contributed by atoms with E-state index in [0.29, 0.717) is 30.9 Å². The van der Waals surface area contributed by atoms with Gasteiger partial charge in [-0.15, -0.1) is 0 Å². The molecule has 0 unspecified atom stereocenters. The molecule has 30 heavy (non-hydrogen) atoms. The Morgan fingerprint density at radius 2 is 1.83 bits per heavy atom. The SMILES string of the molecule is O=C1C(=O)N(CCCN2CCOCC2)[C@@H](c2cccnc2)C1=C(O)c1ccncc1. The van der Waals surface area contributed by atoms with Gasteiger partial charge >= 0.3 is 0 Å². The van der Waals surface area contributed by atoms with Crippen molar-refractivity contribution in [2.24, 2.45) is 0 Å². The molecule has 8 nitrogen and oxygen atoms in total. The van der Waals surface area contributed by atoms with Gasteiger partial charge in [0.2, 0.25) is 0 Å². The van der Waals surface area contributed by atoms with Crippen LogP contribution in [0.25, 0.3) is 5.76 Å². The van der Waals surface area contributed by atoms with Crippen LogP contribution in [0.2, 0.25) is 0 Å². The van der Waals surface area contributed by atoms with Gasteiger partial charge in [0.15, 0.2) is 0 Å². The number of ether oxygens (including phenoxy) is 1. The molecule has 0 aliphatic carbocycles. The molecule has 2 aromatic rings. The minimum Gasteiger partial charge on any atom is -0.507 e. The van der Waals surface area contributed by atoms with Crippen molar-refractivity contribution in [1.29, 1.82) is 0 Å². The van der Waals surface area contributed by atoms with Gasteiger partial charge in [0, 0.05) is 56.5 Å². The molecule has 2 aliphatic heterocycles. The lowest BCUT2D eigenvalue weighted by molar-refractivity contribution is -0.140. The molecule has 4 heterocycles. The highest BCUT2D eigenvalue weighted by molar-refractivity contribution is 6.46. The Hall–Kier alpha value is -3.10. The van der Waals surface area contributed by atoms with Crippen LogP contribution in [0, 0.1) is 0 Å². The number of amides is 1. The van der Waals surface area contributed by atoms with Crippen molar-refractivity contribution >= 4 is 17.4 Å². The van der Waals surface area contributed by atoms with Crippen molar-refractivity contribution in [2.45, 2.75) is 12.5 Å². The number of ketones is 1. The first-order valence-corrected chi connectivity index (χ1v) is 10.1. The topological polar surface area (TPSA) is 95.9 Å². The number of hydrogen-bond donors (Lipinski definition) is 1. The molecule has 0 aromatic carbocycles. The summed E-state index contributed by atoms with van der Waals surface area (Å²) in [5.41, 5.74) is 1.23. The van der Waals surface area contributed by atoms with Crippen LogP contribution >= 0.6 is 0 Å². The minimum atomic E-state index is -0.676. The van der Waals surface area contributed by atoms with Gasteiger partial charge in [-0.2, -0.15) is 0 Å². The summed E-state index contributed by atoms with van der Waals surface area (Å²) in [6, 6.07) is 6.13. The first-order valence-electron chi connectivity index (χ1n) is 10.1. The molecule has 4 rings (SSSR count). The Kier molecular flexibility index (Phi) is 6.15. The highest BCUT2D eigenvalue weighted by Crippen LogP contribution is 2.39. The third-order valence-corrected chi connectivity index (χ3v) is 5.47. The number of aliphatic hydroxyl groups excluding tert-OH is 1. The summed E-state index contributed by atoms with van der Waals surface area (Å²) in [5.74, 6) is -1.47. The zero-order valence-electron chi connectivity index (χ0n) is 16.6. The molecule has 0 spiro atoms. The molecule has 2 saturated heterocycles. The lowest BCUT2D eigenvalue weighted by Crippen LogP contribution is -2.39. The average molecular weight is 408 g/mol. The third kappa shape index (κ3) is 4.10. The van der Waals surface area contributed by atoms with Crippen molar-refractivity contribution in [2.75, 3.05) is 39.4 Å². The zero-order valence-corrected chi connectivity index (χ0v) is 16.6. The number of aromatic nitrogens is 2. The Bertz CT molecular complexity index is 927. The number of morpholine rings is 1. The van der Waals surface area contributed by atoms with Crippen molar-refractivity contribution in [3.05, 3.63) is 65.8 Å². The Morgan fingerprint density at radius 1 is 1.07 bits per heavy atom. The van der Waals surface area contributed by atoms with Gasteiger partial charge in [-0.25, -0.2) is 0 Å². The minimum absolute atomic E-state index is 0.0885. The van der Waals surface area contributed by atoms with Crippen molar-refractivity contribution < 1.29 is 19.4 Å². The summed E-state index contributed by atoms with van der Waals surface area (Å²) in [5, 5.41) is 10.9. The van der Waals surface area contributed by atoms with E-state index in [-0.39, 0.29) is 11.3 Å². The lowest BCUT2D eigenvalue weighted by atomic mass is 9.96. The van der Waals surface area contributed by atoms with Crippen LogP contribution in [0.3, 0.4) is 0 Å². The van der Waals surface area contributed by atoms with Gasteiger partial charge in [0.1, 0.15) is 5.76 Å². The molecule has 0 saturated carbocycles. The number of rotatable bonds is 6. The molecule has 2 aromatic heterocycles. The summed E-state index contributed by atoms with van der Waals surface area (Å²) in [4.78, 5) is 37.7. The molecule has 2 fully saturated rings. The smallest absolute Gasteiger partial charge is 0.295 e. The monoisotopic (exact) mass is 408 g/mol. The highest BCUT2D eigenvalue weighted by atomic mass is 16.5. The van der Waals surface area contributed by atoms with Gasteiger partial charge < -0.3 is 14.7 Å². The average Bonchev–Trinajstić information content (AvgIpc) is 3.05. The molecular weight excluding hydrogens is 384 g/mol. The second-order valence-corrected chi connectivity index (χ2v) is 7.32. The van der Waals surface area contributed by atoms with Crippen LogP contribution in [-0.4, -0.2) is 76.0 Å². The summed E-state index contributed by atoms with van der Waals surface area (Å²) in [6.45, 7) is 4.39. The van der Waals surface area contributed by atoms with Crippen molar-refractivity contribution in [3.8, 4) is 0 Å². The van der Waals surface area contributed by atoms with Crippen LogP contribution in [0.4, 0.5) is 0 Å². The second-order valence-electron chi connectivity index (χ2n) is 7.32. The fourth-order valence-corrected chi connectivity index (χ4v) is 3.95. The number of nitrogens with zero attached hydrogens (tertiary/aromatic N) is 4. The number of carbonyl (C=O) groups is 2. The van der Waals surface area contributed by atoms with Gasteiger partial charge in [-0.05, 0) is 30.2 Å². The number of Topliss-reactive ketones (excluding diaryl/α,β-unsaturated/α-hetero) is 1. The molecule has 1 N–H and O–H groups in total. The molecule has 0 bridgehead atoms. The van der Waals surface area contributed by atoms with Gasteiger partial charge in [0.25, 0.3) is 11.7 Å². The third-order valence-electron chi connectivity index (χ3n) is 5.47. The predicted octanol–water partition coefficient (Wildman–Crippen LogP) is 1.62. The normalized spacial score (nSPS) is 21.9. The van der Waals surface area contributed by atoms with Crippen molar-refractivity contribution in [1.82, 2.24) is 19.8 Å². The second kappa shape index (κ2) is 9.15. The van der Waals surface area contributed by atoms with E-state index < -0.39 is 17.7 Å². The van der Waals surface area contributed by atoms with Gasteiger partial charge in [-0.3, -0.25) is 24.5 Å². The quantitative estimate of drug-likeness (QED) is 0.441. The van der Waals surface area contributed by atoms with Crippen LogP contribution in [0.15, 0.2) is 54.6 Å². The number of aliphatic hydroxyl groups is 1. The van der Waals surface area contributed by atoms with Gasteiger partial charge in [-0.1, -0.05) is 6.07 Å². The largest absolute Gasteiger partial charge is 0.507 e. The molecule has 156 valence electrons. The molecule has 1 amide bonds. The number of carbonyl (C=O) groups excluding carboxylic acids is 2. The molecule has 1 atom stereocenters. The maximum Gasteiger partial charge on any atom is 0.295 e. The fourth-order valence-electron chi connectivity index (χ4n) is 3.95. The number of likely N-dealkylation sites (tertiary alicyclic amines) is 1. The Labute approximate surface area is 174 Å². The predicted molar refractivity (Wildman–Crippen MR) is 109 cm³/mol. The number of hydrogen-bond acceptors (Lipinski definition) is 7.